The lowest BCUT2D eigenvalue weighted by molar-refractivity contribution is -0.116. The van der Waals surface area contributed by atoms with Crippen LogP contribution in [0.2, 0.25) is 5.02 Å². The van der Waals surface area contributed by atoms with Gasteiger partial charge in [-0.3, -0.25) is 4.79 Å². The number of halogens is 1. The van der Waals surface area contributed by atoms with E-state index in [0.29, 0.717) is 23.6 Å². The van der Waals surface area contributed by atoms with Gasteiger partial charge in [0.05, 0.1) is 10.7 Å². The zero-order valence-electron chi connectivity index (χ0n) is 14.6. The Morgan fingerprint density at radius 2 is 2.08 bits per heavy atom. The van der Waals surface area contributed by atoms with Gasteiger partial charge in [-0.1, -0.05) is 42.9 Å². The van der Waals surface area contributed by atoms with Gasteiger partial charge in [-0.15, -0.1) is 10.2 Å². The summed E-state index contributed by atoms with van der Waals surface area (Å²) in [5, 5.41) is 17.1. The summed E-state index contributed by atoms with van der Waals surface area (Å²) >= 11 is 7.70. The highest BCUT2D eigenvalue weighted by molar-refractivity contribution is 7.16. The summed E-state index contributed by atoms with van der Waals surface area (Å²) in [6, 6.07) is 3.85. The molecule has 2 heterocycles. The van der Waals surface area contributed by atoms with E-state index >= 15 is 0 Å². The van der Waals surface area contributed by atoms with Crippen molar-refractivity contribution in [2.75, 3.05) is 5.32 Å². The van der Waals surface area contributed by atoms with Crippen molar-refractivity contribution in [2.24, 2.45) is 0 Å². The molecule has 1 N–H and O–H groups in total. The van der Waals surface area contributed by atoms with Crippen LogP contribution in [0.25, 0.3) is 4.96 Å². The molecule has 0 radical (unpaired) electrons. The lowest BCUT2D eigenvalue weighted by atomic mass is 10.1. The predicted molar refractivity (Wildman–Crippen MR) is 101 cm³/mol. The quantitative estimate of drug-likeness (QED) is 0.724. The van der Waals surface area contributed by atoms with Gasteiger partial charge in [0.1, 0.15) is 5.01 Å². The number of anilines is 1. The zero-order chi connectivity index (χ0) is 18.1. The van der Waals surface area contributed by atoms with Crippen molar-refractivity contribution in [1.82, 2.24) is 19.8 Å². The Morgan fingerprint density at radius 1 is 1.32 bits per heavy atom. The van der Waals surface area contributed by atoms with Crippen LogP contribution in [0.5, 0.6) is 0 Å². The Kier molecular flexibility index (Phi) is 5.06. The zero-order valence-corrected chi connectivity index (χ0v) is 16.2. The highest BCUT2D eigenvalue weighted by atomic mass is 35.5. The molecule has 0 saturated carbocycles. The summed E-state index contributed by atoms with van der Waals surface area (Å²) in [6.07, 6.45) is 0.894. The molecule has 25 heavy (non-hydrogen) atoms. The van der Waals surface area contributed by atoms with Gasteiger partial charge in [0.2, 0.25) is 10.9 Å². The molecule has 0 aliphatic heterocycles. The minimum Gasteiger partial charge on any atom is -0.325 e. The first-order valence-electron chi connectivity index (χ1n) is 8.12. The van der Waals surface area contributed by atoms with E-state index in [1.165, 1.54) is 11.3 Å². The van der Waals surface area contributed by atoms with Gasteiger partial charge >= 0.3 is 0 Å². The summed E-state index contributed by atoms with van der Waals surface area (Å²) < 4.78 is 1.77. The number of hydrogen-bond donors (Lipinski definition) is 1. The molecule has 0 spiro atoms. The number of rotatable bonds is 5. The van der Waals surface area contributed by atoms with Gasteiger partial charge in [-0.05, 0) is 31.0 Å². The van der Waals surface area contributed by atoms with E-state index < -0.39 is 0 Å². The topological polar surface area (TPSA) is 72.2 Å². The first-order valence-corrected chi connectivity index (χ1v) is 9.32. The summed E-state index contributed by atoms with van der Waals surface area (Å²) in [6.45, 7) is 8.02. The van der Waals surface area contributed by atoms with Gasteiger partial charge < -0.3 is 5.32 Å². The SMILES string of the molecule is Cc1cc(C)c(NC(=O)CCc2nn3c(C(C)C)nnc3s2)c(Cl)c1. The average molecular weight is 378 g/mol. The number of fused-ring (bicyclic) bond motifs is 1. The number of nitrogens with zero attached hydrogens (tertiary/aromatic N) is 4. The fourth-order valence-electron chi connectivity index (χ4n) is 2.63. The maximum Gasteiger partial charge on any atom is 0.234 e. The van der Waals surface area contributed by atoms with Crippen LogP contribution in [0.15, 0.2) is 12.1 Å². The first kappa shape index (κ1) is 17.8. The summed E-state index contributed by atoms with van der Waals surface area (Å²) in [4.78, 5) is 13.0. The number of benzene rings is 1. The van der Waals surface area contributed by atoms with Crippen LogP contribution in [0.4, 0.5) is 5.69 Å². The Balaban J connectivity index is 1.67. The highest BCUT2D eigenvalue weighted by Gasteiger charge is 2.15. The molecular formula is C17H20ClN5OS. The second kappa shape index (κ2) is 7.09. The molecule has 0 unspecified atom stereocenters. The van der Waals surface area contributed by atoms with Crippen molar-refractivity contribution in [3.63, 3.8) is 0 Å². The molecule has 132 valence electrons. The van der Waals surface area contributed by atoms with Crippen LogP contribution in [0, 0.1) is 13.8 Å². The second-order valence-electron chi connectivity index (χ2n) is 6.39. The van der Waals surface area contributed by atoms with E-state index in [0.717, 1.165) is 26.9 Å². The smallest absolute Gasteiger partial charge is 0.234 e. The number of hydrogen-bond acceptors (Lipinski definition) is 5. The third-order valence-electron chi connectivity index (χ3n) is 3.84. The molecule has 3 aromatic rings. The van der Waals surface area contributed by atoms with E-state index in [1.807, 2.05) is 26.0 Å². The van der Waals surface area contributed by atoms with Gasteiger partial charge in [0.25, 0.3) is 0 Å². The number of aromatic nitrogens is 4. The van der Waals surface area contributed by atoms with E-state index in [9.17, 15) is 4.79 Å². The highest BCUT2D eigenvalue weighted by Crippen LogP contribution is 2.27. The van der Waals surface area contributed by atoms with Crippen molar-refractivity contribution >= 4 is 39.5 Å². The van der Waals surface area contributed by atoms with Crippen LogP contribution in [-0.4, -0.2) is 25.7 Å². The Morgan fingerprint density at radius 3 is 2.76 bits per heavy atom. The van der Waals surface area contributed by atoms with Crippen molar-refractivity contribution in [3.8, 4) is 0 Å². The molecule has 3 rings (SSSR count). The van der Waals surface area contributed by atoms with E-state index in [1.54, 1.807) is 4.52 Å². The predicted octanol–water partition coefficient (Wildman–Crippen LogP) is 4.15. The molecule has 1 amide bonds. The molecule has 1 aromatic carbocycles. The third kappa shape index (κ3) is 3.82. The molecule has 0 aliphatic carbocycles. The number of aryl methyl sites for hydroxylation is 3. The molecule has 2 aromatic heterocycles. The van der Waals surface area contributed by atoms with Crippen LogP contribution < -0.4 is 5.32 Å². The summed E-state index contributed by atoms with van der Waals surface area (Å²) in [7, 11) is 0. The van der Waals surface area contributed by atoms with E-state index in [-0.39, 0.29) is 11.8 Å². The number of nitrogens with one attached hydrogen (secondary N) is 1. The second-order valence-corrected chi connectivity index (χ2v) is 7.84. The lowest BCUT2D eigenvalue weighted by Crippen LogP contribution is -2.13. The van der Waals surface area contributed by atoms with E-state index in [4.69, 9.17) is 11.6 Å². The molecule has 0 atom stereocenters. The van der Waals surface area contributed by atoms with Crippen LogP contribution in [-0.2, 0) is 11.2 Å². The van der Waals surface area contributed by atoms with Crippen molar-refractivity contribution in [2.45, 2.75) is 46.5 Å². The van der Waals surface area contributed by atoms with Gasteiger partial charge in [-0.25, -0.2) is 0 Å². The van der Waals surface area contributed by atoms with Gasteiger partial charge in [0, 0.05) is 18.8 Å². The lowest BCUT2D eigenvalue weighted by Gasteiger charge is -2.11. The molecule has 0 fully saturated rings. The Hall–Kier alpha value is -1.99. The molecule has 8 heteroatoms. The normalized spacial score (nSPS) is 11.4. The molecule has 0 bridgehead atoms. The Bertz CT molecular complexity index is 907. The van der Waals surface area contributed by atoms with E-state index in [2.05, 4.69) is 34.5 Å². The standard InChI is InChI=1S/C17H20ClN5OS/c1-9(2)16-20-21-17-23(16)22-14(25-17)6-5-13(24)19-15-11(4)7-10(3)8-12(15)18/h7-9H,5-6H2,1-4H3,(H,19,24). The number of carbonyl (C=O) groups is 1. The molecule has 0 aliphatic rings. The number of amides is 1. The van der Waals surface area contributed by atoms with Crippen molar-refractivity contribution in [1.29, 1.82) is 0 Å². The fraction of sp³-hybridized carbons (Fsp3) is 0.412. The molecular weight excluding hydrogens is 358 g/mol. The molecule has 6 nitrogen and oxygen atoms in total. The van der Waals surface area contributed by atoms with Gasteiger partial charge in [-0.2, -0.15) is 9.61 Å². The van der Waals surface area contributed by atoms with Crippen LogP contribution >= 0.6 is 22.9 Å². The molecule has 0 saturated heterocycles. The van der Waals surface area contributed by atoms with Crippen molar-refractivity contribution < 1.29 is 4.79 Å². The minimum atomic E-state index is -0.0797. The van der Waals surface area contributed by atoms with Crippen LogP contribution in [0.1, 0.15) is 48.1 Å². The Labute approximate surface area is 155 Å². The maximum atomic E-state index is 12.3. The largest absolute Gasteiger partial charge is 0.325 e. The van der Waals surface area contributed by atoms with Crippen molar-refractivity contribution in [3.05, 3.63) is 39.1 Å². The average Bonchev–Trinajstić information content (AvgIpc) is 3.08. The van der Waals surface area contributed by atoms with Crippen LogP contribution in [0.3, 0.4) is 0 Å². The summed E-state index contributed by atoms with van der Waals surface area (Å²) in [5.74, 6) is 1.01. The number of carbonyl (C=O) groups excluding carboxylic acids is 1. The third-order valence-corrected chi connectivity index (χ3v) is 5.09. The first-order chi connectivity index (χ1) is 11.8. The fourth-order valence-corrected chi connectivity index (χ4v) is 3.84. The minimum absolute atomic E-state index is 0.0797. The maximum absolute atomic E-state index is 12.3. The monoisotopic (exact) mass is 377 g/mol. The van der Waals surface area contributed by atoms with Gasteiger partial charge in [0.15, 0.2) is 5.82 Å². The summed E-state index contributed by atoms with van der Waals surface area (Å²) in [5.41, 5.74) is 2.71.